The number of nitrogens with one attached hydrogen (secondary N) is 2. The Kier molecular flexibility index (Phi) is 8.42. The minimum Gasteiger partial charge on any atom is -0.386 e. The fourth-order valence-corrected chi connectivity index (χ4v) is 2.78. The number of hydrogen-bond donors (Lipinski definition) is 3. The largest absolute Gasteiger partial charge is 0.386 e. The lowest BCUT2D eigenvalue weighted by Gasteiger charge is -2.33. The molecule has 1 rings (SSSR count). The van der Waals surface area contributed by atoms with Gasteiger partial charge in [0.2, 0.25) is 0 Å². The van der Waals surface area contributed by atoms with E-state index in [2.05, 4.69) is 56.1 Å². The van der Waals surface area contributed by atoms with E-state index in [1.54, 1.807) is 0 Å². The van der Waals surface area contributed by atoms with Crippen molar-refractivity contribution in [3.05, 3.63) is 54.6 Å². The molecule has 0 saturated carbocycles. The van der Waals surface area contributed by atoms with Gasteiger partial charge < -0.3 is 16.0 Å². The van der Waals surface area contributed by atoms with Crippen molar-refractivity contribution in [1.29, 1.82) is 0 Å². The fraction of sp³-hybridized carbons (Fsp3) is 0.400. The third-order valence-electron chi connectivity index (χ3n) is 4.13. The zero-order valence-electron chi connectivity index (χ0n) is 16.3. The average molecular weight is 357 g/mol. The molecule has 4 N–H and O–H groups in total. The molecule has 0 aliphatic rings. The van der Waals surface area contributed by atoms with Crippen LogP contribution in [0.3, 0.4) is 0 Å². The normalized spacial score (nSPS) is 11.3. The predicted octanol–water partition coefficient (Wildman–Crippen LogP) is 3.48. The number of aryl methyl sites for hydroxylation is 1. The Morgan fingerprint density at radius 3 is 2.54 bits per heavy atom. The van der Waals surface area contributed by atoms with Gasteiger partial charge in [-0.3, -0.25) is 5.43 Å². The second-order valence-corrected chi connectivity index (χ2v) is 6.25. The van der Waals surface area contributed by atoms with Crippen molar-refractivity contribution in [3.63, 3.8) is 0 Å². The first-order valence-corrected chi connectivity index (χ1v) is 8.89. The smallest absolute Gasteiger partial charge is 0.138 e. The Morgan fingerprint density at radius 2 is 2.00 bits per heavy atom. The van der Waals surface area contributed by atoms with Gasteiger partial charge in [0.15, 0.2) is 0 Å². The summed E-state index contributed by atoms with van der Waals surface area (Å²) >= 11 is 0. The Balaban J connectivity index is 3.10. The van der Waals surface area contributed by atoms with Crippen molar-refractivity contribution >= 4 is 18.2 Å². The van der Waals surface area contributed by atoms with Crippen molar-refractivity contribution in [3.8, 4) is 0 Å². The summed E-state index contributed by atoms with van der Waals surface area (Å²) in [7, 11) is 0. The lowest BCUT2D eigenvalue weighted by molar-refractivity contribution is 0.552. The first kappa shape index (κ1) is 21.3. The van der Waals surface area contributed by atoms with Gasteiger partial charge in [-0.05, 0) is 31.4 Å². The van der Waals surface area contributed by atoms with Gasteiger partial charge in [0.25, 0.3) is 0 Å². The van der Waals surface area contributed by atoms with Crippen LogP contribution in [0.4, 0.5) is 5.82 Å². The van der Waals surface area contributed by atoms with Gasteiger partial charge in [0, 0.05) is 18.5 Å². The second kappa shape index (κ2) is 10.3. The van der Waals surface area contributed by atoms with Gasteiger partial charge >= 0.3 is 0 Å². The Bertz CT molecular complexity index is 664. The summed E-state index contributed by atoms with van der Waals surface area (Å²) in [4.78, 5) is 6.85. The van der Waals surface area contributed by atoms with Crippen LogP contribution in [0.15, 0.2) is 48.5 Å². The van der Waals surface area contributed by atoms with E-state index < -0.39 is 0 Å². The SMILES string of the molecule is C=NNC(=C)CNC(=C)c1ccc(C)c(N(C(=C)N)C(CC)CCC)n1. The van der Waals surface area contributed by atoms with E-state index in [-0.39, 0.29) is 6.04 Å². The highest BCUT2D eigenvalue weighted by Gasteiger charge is 2.21. The van der Waals surface area contributed by atoms with Crippen LogP contribution >= 0.6 is 0 Å². The lowest BCUT2D eigenvalue weighted by atomic mass is 10.1. The number of aromatic nitrogens is 1. The summed E-state index contributed by atoms with van der Waals surface area (Å²) in [5.41, 5.74) is 12.0. The predicted molar refractivity (Wildman–Crippen MR) is 113 cm³/mol. The Labute approximate surface area is 157 Å². The van der Waals surface area contributed by atoms with Crippen molar-refractivity contribution in [2.45, 2.75) is 46.1 Å². The molecule has 1 heterocycles. The van der Waals surface area contributed by atoms with E-state index in [0.29, 0.717) is 23.8 Å². The molecule has 0 aliphatic heterocycles. The van der Waals surface area contributed by atoms with Crippen LogP contribution in [0.1, 0.15) is 44.4 Å². The van der Waals surface area contributed by atoms with E-state index >= 15 is 0 Å². The monoisotopic (exact) mass is 356 g/mol. The van der Waals surface area contributed by atoms with Crippen molar-refractivity contribution < 1.29 is 0 Å². The number of nitrogens with two attached hydrogens (primary N) is 1. The fourth-order valence-electron chi connectivity index (χ4n) is 2.78. The minimum absolute atomic E-state index is 0.266. The Hall–Kier alpha value is -2.76. The van der Waals surface area contributed by atoms with Crippen LogP contribution in [-0.2, 0) is 0 Å². The van der Waals surface area contributed by atoms with Gasteiger partial charge in [-0.1, -0.05) is 46.1 Å². The Morgan fingerprint density at radius 1 is 1.31 bits per heavy atom. The molecule has 1 atom stereocenters. The molecule has 1 aromatic rings. The maximum absolute atomic E-state index is 6.12. The first-order valence-electron chi connectivity index (χ1n) is 8.89. The number of nitrogens with zero attached hydrogens (tertiary/aromatic N) is 3. The number of hydrogen-bond acceptors (Lipinski definition) is 6. The summed E-state index contributed by atoms with van der Waals surface area (Å²) in [6, 6.07) is 4.23. The molecule has 142 valence electrons. The number of anilines is 1. The van der Waals surface area contributed by atoms with Crippen molar-refractivity contribution in [2.24, 2.45) is 10.8 Å². The van der Waals surface area contributed by atoms with E-state index in [1.165, 1.54) is 0 Å². The molecule has 1 unspecified atom stereocenters. The van der Waals surface area contributed by atoms with Gasteiger partial charge in [-0.2, -0.15) is 5.10 Å². The quantitative estimate of drug-likeness (QED) is 0.395. The van der Waals surface area contributed by atoms with Crippen LogP contribution in [0.25, 0.3) is 5.70 Å². The third kappa shape index (κ3) is 5.65. The van der Waals surface area contributed by atoms with Gasteiger partial charge in [-0.15, -0.1) is 0 Å². The van der Waals surface area contributed by atoms with E-state index in [1.807, 2.05) is 24.0 Å². The van der Waals surface area contributed by atoms with Crippen LogP contribution in [-0.4, -0.2) is 24.3 Å². The van der Waals surface area contributed by atoms with E-state index in [0.717, 1.165) is 36.3 Å². The van der Waals surface area contributed by atoms with E-state index in [9.17, 15) is 0 Å². The molecule has 0 aromatic carbocycles. The van der Waals surface area contributed by atoms with Gasteiger partial charge in [-0.25, -0.2) is 4.98 Å². The highest BCUT2D eigenvalue weighted by Crippen LogP contribution is 2.26. The maximum Gasteiger partial charge on any atom is 0.138 e. The summed E-state index contributed by atoms with van der Waals surface area (Å²) < 4.78 is 0. The van der Waals surface area contributed by atoms with Crippen LogP contribution in [0.5, 0.6) is 0 Å². The number of pyridine rings is 1. The molecule has 0 aliphatic carbocycles. The molecule has 0 bridgehead atoms. The molecular formula is C20H32N6. The maximum atomic E-state index is 6.12. The molecule has 0 saturated heterocycles. The van der Waals surface area contributed by atoms with Gasteiger partial charge in [0.1, 0.15) is 5.82 Å². The summed E-state index contributed by atoms with van der Waals surface area (Å²) in [5.74, 6) is 1.33. The summed E-state index contributed by atoms with van der Waals surface area (Å²) in [6.07, 6.45) is 3.06. The van der Waals surface area contributed by atoms with Crippen LogP contribution in [0, 0.1) is 6.92 Å². The zero-order chi connectivity index (χ0) is 19.7. The highest BCUT2D eigenvalue weighted by molar-refractivity contribution is 5.63. The molecule has 0 radical (unpaired) electrons. The van der Waals surface area contributed by atoms with Crippen molar-refractivity contribution in [2.75, 3.05) is 11.4 Å². The average Bonchev–Trinajstić information content (AvgIpc) is 2.60. The third-order valence-corrected chi connectivity index (χ3v) is 4.13. The molecule has 1 aromatic heterocycles. The molecule has 26 heavy (non-hydrogen) atoms. The van der Waals surface area contributed by atoms with Crippen LogP contribution < -0.4 is 21.4 Å². The number of rotatable bonds is 12. The summed E-state index contributed by atoms with van der Waals surface area (Å²) in [5, 5.41) is 6.77. The minimum atomic E-state index is 0.266. The summed E-state index contributed by atoms with van der Waals surface area (Å²) in [6.45, 7) is 22.1. The first-order chi connectivity index (χ1) is 12.3. The molecule has 6 heteroatoms. The molecule has 0 spiro atoms. The lowest BCUT2D eigenvalue weighted by Crippen LogP contribution is -2.38. The van der Waals surface area contributed by atoms with Gasteiger partial charge in [0.05, 0.1) is 23.8 Å². The van der Waals surface area contributed by atoms with E-state index in [4.69, 9.17) is 10.7 Å². The van der Waals surface area contributed by atoms with Crippen molar-refractivity contribution in [1.82, 2.24) is 15.7 Å². The second-order valence-electron chi connectivity index (χ2n) is 6.25. The molecule has 0 amide bonds. The topological polar surface area (TPSA) is 78.6 Å². The van der Waals surface area contributed by atoms with Crippen LogP contribution in [0.2, 0.25) is 0 Å². The molecule has 0 fully saturated rings. The zero-order valence-corrected chi connectivity index (χ0v) is 16.3. The number of hydrazone groups is 1. The highest BCUT2D eigenvalue weighted by atomic mass is 15.3. The standard InChI is InChI=1S/C20H32N6/c1-8-10-18(9-2)26(17(6)21)20-14(3)11-12-19(24-20)16(5)23-13-15(4)25-22-7/h11-12,18,23,25H,4-10,13,21H2,1-3H3. The molecule has 6 nitrogen and oxygen atoms in total. The molecular weight excluding hydrogens is 324 g/mol.